The molecule has 5 aliphatic carbocycles. The summed E-state index contributed by atoms with van der Waals surface area (Å²) >= 11 is 0. The van der Waals surface area contributed by atoms with Gasteiger partial charge in [0.15, 0.2) is 6.35 Å². The highest BCUT2D eigenvalue weighted by atomic mass is 32.2. The molecule has 312 valence electrons. The molecule has 0 aromatic rings. The van der Waals surface area contributed by atoms with Crippen molar-refractivity contribution in [1.82, 2.24) is 37.2 Å². The first-order chi connectivity index (χ1) is 25.9. The van der Waals surface area contributed by atoms with Crippen LogP contribution in [0.1, 0.15) is 122 Å². The minimum atomic E-state index is -4.41. The Morgan fingerprint density at radius 1 is 0.500 bits per heavy atom. The molecule has 0 aromatic carbocycles. The molecule has 17 heteroatoms. The van der Waals surface area contributed by atoms with Crippen molar-refractivity contribution < 1.29 is 35.4 Å². The quantitative estimate of drug-likeness (QED) is 0.0913. The van der Waals surface area contributed by atoms with Gasteiger partial charge in [0.05, 0.1) is 16.6 Å². The number of hydrogen-bond donors (Lipinski definition) is 9. The third kappa shape index (κ3) is 12.4. The molecule has 0 radical (unpaired) electrons. The van der Waals surface area contributed by atoms with Gasteiger partial charge in [-0.25, -0.2) is 0 Å². The minimum absolute atomic E-state index is 0.0723. The fraction of sp³-hybridized carbons (Fsp3) is 0.946. The molecule has 1 heterocycles. The Morgan fingerprint density at radius 3 is 1.41 bits per heavy atom. The van der Waals surface area contributed by atoms with Gasteiger partial charge >= 0.3 is 0 Å². The molecule has 5 saturated carbocycles. The van der Waals surface area contributed by atoms with E-state index in [2.05, 4.69) is 37.2 Å². The van der Waals surface area contributed by atoms with Crippen molar-refractivity contribution in [2.45, 2.75) is 194 Å². The highest BCUT2D eigenvalue weighted by Crippen LogP contribution is 2.36. The van der Waals surface area contributed by atoms with Crippen LogP contribution in [0.15, 0.2) is 12.2 Å². The zero-order valence-electron chi connectivity index (χ0n) is 32.3. The van der Waals surface area contributed by atoms with Crippen molar-refractivity contribution in [1.29, 1.82) is 0 Å². The van der Waals surface area contributed by atoms with Crippen molar-refractivity contribution in [3.8, 4) is 0 Å². The van der Waals surface area contributed by atoms with E-state index in [1.165, 1.54) is 51.4 Å². The van der Waals surface area contributed by atoms with Gasteiger partial charge in [-0.3, -0.25) is 35.7 Å². The fourth-order valence-corrected chi connectivity index (χ4v) is 12.7. The average Bonchev–Trinajstić information content (AvgIpc) is 3.14. The predicted molar refractivity (Wildman–Crippen MR) is 208 cm³/mol. The SMILES string of the molecule is COC1CC(NC2CCCCC2)CC(NC2CCC(/C=C/C3CCC(NC4NC(NC5CCCCC5)NC(OC)N4)CC3S(=O)(=O)O)C(S(=O)(=O)O)C2)C1. The van der Waals surface area contributed by atoms with Gasteiger partial charge in [-0.1, -0.05) is 50.7 Å². The van der Waals surface area contributed by atoms with E-state index >= 15 is 0 Å². The molecule has 6 aliphatic rings. The van der Waals surface area contributed by atoms with Crippen LogP contribution in [0.3, 0.4) is 0 Å². The maximum Gasteiger partial charge on any atom is 0.268 e. The van der Waals surface area contributed by atoms with E-state index < -0.39 is 48.9 Å². The van der Waals surface area contributed by atoms with E-state index in [9.17, 15) is 25.9 Å². The molecular formula is C37H69N7O8S2. The first kappa shape index (κ1) is 42.8. The van der Waals surface area contributed by atoms with Crippen molar-refractivity contribution in [3.05, 3.63) is 12.2 Å². The lowest BCUT2D eigenvalue weighted by atomic mass is 9.81. The Hall–Kier alpha value is -0.800. The lowest BCUT2D eigenvalue weighted by molar-refractivity contribution is -0.0279. The zero-order chi connectivity index (χ0) is 38.3. The first-order valence-corrected chi connectivity index (χ1v) is 23.9. The molecule has 1 aliphatic heterocycles. The molecular weight excluding hydrogens is 735 g/mol. The average molecular weight is 804 g/mol. The minimum Gasteiger partial charge on any atom is -0.381 e. The highest BCUT2D eigenvalue weighted by molar-refractivity contribution is 7.86. The number of hydrogen-bond acceptors (Lipinski definition) is 13. The molecule has 12 unspecified atom stereocenters. The third-order valence-corrected chi connectivity index (χ3v) is 15.8. The van der Waals surface area contributed by atoms with Gasteiger partial charge in [0.2, 0.25) is 0 Å². The van der Waals surface area contributed by atoms with Gasteiger partial charge in [-0.05, 0) is 95.3 Å². The summed E-state index contributed by atoms with van der Waals surface area (Å²) in [6.07, 6.45) is 20.6. The standard InChI is InChI=1S/C37H69N7O8S2/c1-51-32-20-30(38-26-9-5-3-6-10-26)19-31(21-32)39-28-17-15-24(33(22-28)53(45,46)47)13-14-25-16-18-29(23-34(25)54(48,49)50)41-36-42-35(43-37(44-36)52-2)40-27-11-7-4-8-12-27/h13-14,24-44H,3-12,15-23H2,1-2H3,(H,45,46,47)(H,48,49,50)/b14-13+. The Labute approximate surface area is 323 Å². The van der Waals surface area contributed by atoms with Crippen LogP contribution >= 0.6 is 0 Å². The van der Waals surface area contributed by atoms with E-state index in [1.54, 1.807) is 26.4 Å². The van der Waals surface area contributed by atoms with Crippen LogP contribution < -0.4 is 37.2 Å². The van der Waals surface area contributed by atoms with Gasteiger partial charge in [-0.15, -0.1) is 0 Å². The summed E-state index contributed by atoms with van der Waals surface area (Å²) in [6.45, 7) is 0. The van der Waals surface area contributed by atoms with Gasteiger partial charge in [-0.2, -0.15) is 16.8 Å². The van der Waals surface area contributed by atoms with Crippen LogP contribution in [0.2, 0.25) is 0 Å². The fourth-order valence-electron chi connectivity index (χ4n) is 10.4. The van der Waals surface area contributed by atoms with E-state index in [-0.39, 0.29) is 49.7 Å². The second-order valence-corrected chi connectivity index (χ2v) is 20.4. The maximum absolute atomic E-state index is 12.8. The monoisotopic (exact) mass is 803 g/mol. The van der Waals surface area contributed by atoms with Gasteiger partial charge < -0.3 is 20.1 Å². The van der Waals surface area contributed by atoms with Crippen LogP contribution in [-0.4, -0.2) is 112 Å². The third-order valence-electron chi connectivity index (χ3n) is 13.2. The Morgan fingerprint density at radius 2 is 0.944 bits per heavy atom. The van der Waals surface area contributed by atoms with Gasteiger partial charge in [0.1, 0.15) is 12.6 Å². The highest BCUT2D eigenvalue weighted by Gasteiger charge is 2.42. The second kappa shape index (κ2) is 19.8. The molecule has 6 fully saturated rings. The van der Waals surface area contributed by atoms with Crippen molar-refractivity contribution >= 4 is 20.2 Å². The zero-order valence-corrected chi connectivity index (χ0v) is 34.0. The lowest BCUT2D eigenvalue weighted by Crippen LogP contribution is -2.76. The van der Waals surface area contributed by atoms with Gasteiger partial charge in [0, 0.05) is 50.5 Å². The van der Waals surface area contributed by atoms with Crippen LogP contribution in [0.4, 0.5) is 0 Å². The number of nitrogens with one attached hydrogen (secondary N) is 7. The molecule has 1 saturated heterocycles. The molecule has 15 nitrogen and oxygen atoms in total. The Balaban J connectivity index is 1.04. The molecule has 0 aromatic heterocycles. The summed E-state index contributed by atoms with van der Waals surface area (Å²) in [5.74, 6) is -0.948. The molecule has 12 atom stereocenters. The van der Waals surface area contributed by atoms with Gasteiger partial charge in [0.25, 0.3) is 20.2 Å². The molecule has 6 rings (SSSR count). The van der Waals surface area contributed by atoms with E-state index in [0.29, 0.717) is 37.4 Å². The molecule has 0 spiro atoms. The van der Waals surface area contributed by atoms with E-state index in [1.807, 2.05) is 0 Å². The van der Waals surface area contributed by atoms with Crippen molar-refractivity contribution in [2.75, 3.05) is 14.2 Å². The number of ether oxygens (including phenoxy) is 2. The molecule has 54 heavy (non-hydrogen) atoms. The van der Waals surface area contributed by atoms with Crippen molar-refractivity contribution in [3.63, 3.8) is 0 Å². The second-order valence-electron chi connectivity index (χ2n) is 17.1. The Bertz CT molecular complexity index is 1310. The van der Waals surface area contributed by atoms with Crippen LogP contribution in [0.25, 0.3) is 0 Å². The summed E-state index contributed by atoms with van der Waals surface area (Å²) in [6, 6.07) is 1.19. The normalized spacial score (nSPS) is 39.9. The summed E-state index contributed by atoms with van der Waals surface area (Å²) in [4.78, 5) is 0. The predicted octanol–water partition coefficient (Wildman–Crippen LogP) is 2.63. The number of allylic oxidation sites excluding steroid dienone is 2. The van der Waals surface area contributed by atoms with Crippen LogP contribution in [0, 0.1) is 11.8 Å². The summed E-state index contributed by atoms with van der Waals surface area (Å²) in [5, 5.41) is 22.8. The van der Waals surface area contributed by atoms with E-state index in [4.69, 9.17) is 9.47 Å². The molecule has 0 bridgehead atoms. The first-order valence-electron chi connectivity index (χ1n) is 20.8. The van der Waals surface area contributed by atoms with E-state index in [0.717, 1.165) is 38.5 Å². The van der Waals surface area contributed by atoms with Crippen LogP contribution in [-0.2, 0) is 29.7 Å². The number of rotatable bonds is 14. The maximum atomic E-state index is 12.8. The number of methoxy groups -OCH3 is 2. The molecule has 0 amide bonds. The molecule has 9 N–H and O–H groups in total. The topological polar surface area (TPSA) is 211 Å². The Kier molecular flexibility index (Phi) is 15.7. The summed E-state index contributed by atoms with van der Waals surface area (Å²) in [5.41, 5.74) is 0. The smallest absolute Gasteiger partial charge is 0.268 e. The summed E-state index contributed by atoms with van der Waals surface area (Å²) < 4.78 is 83.3. The van der Waals surface area contributed by atoms with Crippen LogP contribution in [0.5, 0.6) is 0 Å². The van der Waals surface area contributed by atoms with Crippen molar-refractivity contribution in [2.24, 2.45) is 11.8 Å². The largest absolute Gasteiger partial charge is 0.381 e. The lowest BCUT2D eigenvalue weighted by Gasteiger charge is -2.43. The summed E-state index contributed by atoms with van der Waals surface area (Å²) in [7, 11) is -5.41.